The Balaban J connectivity index is 1.82. The summed E-state index contributed by atoms with van der Waals surface area (Å²) in [7, 11) is 0. The van der Waals surface area contributed by atoms with Crippen LogP contribution in [0.15, 0.2) is 55.4 Å². The van der Waals surface area contributed by atoms with Gasteiger partial charge in [-0.05, 0) is 66.8 Å². The Morgan fingerprint density at radius 2 is 1.64 bits per heavy atom. The van der Waals surface area contributed by atoms with E-state index in [0.717, 1.165) is 44.8 Å². The number of nitrogens with one attached hydrogen (secondary N) is 1. The van der Waals surface area contributed by atoms with E-state index in [2.05, 4.69) is 46.0 Å². The summed E-state index contributed by atoms with van der Waals surface area (Å²) in [5.74, 6) is 0.0467. The van der Waals surface area contributed by atoms with Crippen LogP contribution in [0, 0.1) is 20.8 Å². The van der Waals surface area contributed by atoms with Crippen molar-refractivity contribution in [1.29, 1.82) is 0 Å². The lowest BCUT2D eigenvalue weighted by molar-refractivity contribution is -0.119. The molecule has 0 bridgehead atoms. The first kappa shape index (κ1) is 22.5. The molecule has 0 spiro atoms. The molecule has 2 aromatic carbocycles. The van der Waals surface area contributed by atoms with E-state index >= 15 is 0 Å². The number of nitrogens with zero attached hydrogens (tertiary/aromatic N) is 2. The number of Topliss-reactive ketones (excluding diaryl/α,β-unsaturated/α-hetero) is 1. The zero-order valence-electron chi connectivity index (χ0n) is 19.4. The summed E-state index contributed by atoms with van der Waals surface area (Å²) in [5, 5.41) is 3.05. The second-order valence-electron chi connectivity index (χ2n) is 8.78. The smallest absolute Gasteiger partial charge is 0.259 e. The van der Waals surface area contributed by atoms with Crippen LogP contribution >= 0.6 is 0 Å². The highest BCUT2D eigenvalue weighted by molar-refractivity contribution is 6.10. The van der Waals surface area contributed by atoms with Crippen LogP contribution in [0.25, 0.3) is 17.2 Å². The van der Waals surface area contributed by atoms with E-state index in [0.29, 0.717) is 31.5 Å². The number of benzene rings is 2. The largest absolute Gasteiger partial charge is 0.369 e. The number of carbonyl (C=O) groups is 2. The highest BCUT2D eigenvalue weighted by atomic mass is 16.1. The van der Waals surface area contributed by atoms with Crippen molar-refractivity contribution in [3.8, 4) is 11.1 Å². The quantitative estimate of drug-likeness (QED) is 0.551. The molecule has 0 saturated carbocycles. The summed E-state index contributed by atoms with van der Waals surface area (Å²) in [6.45, 7) is 11.1. The number of anilines is 2. The normalized spacial score (nSPS) is 13.7. The molecule has 1 aliphatic rings. The highest BCUT2D eigenvalue weighted by Crippen LogP contribution is 2.36. The van der Waals surface area contributed by atoms with E-state index in [1.165, 1.54) is 0 Å². The molecule has 1 amide bonds. The zero-order chi connectivity index (χ0) is 23.5. The fraction of sp³-hybridized carbons (Fsp3) is 0.250. The molecule has 168 valence electrons. The van der Waals surface area contributed by atoms with Crippen molar-refractivity contribution >= 4 is 29.1 Å². The van der Waals surface area contributed by atoms with Crippen molar-refractivity contribution in [3.05, 3.63) is 83.2 Å². The Bertz CT molecular complexity index is 1220. The lowest BCUT2D eigenvalue weighted by Crippen LogP contribution is -2.35. The SMILES string of the molecule is C=Cc1cc(C)cc(-c2cncc(C(=O)Nc3cc(C)cc(C)c3)c2N2CCC(=O)CC2)c1. The Morgan fingerprint density at radius 1 is 0.970 bits per heavy atom. The molecule has 1 saturated heterocycles. The molecule has 5 heteroatoms. The monoisotopic (exact) mass is 439 g/mol. The molecule has 1 N–H and O–H groups in total. The number of ketones is 1. The van der Waals surface area contributed by atoms with Gasteiger partial charge in [-0.25, -0.2) is 0 Å². The Labute approximate surface area is 195 Å². The van der Waals surface area contributed by atoms with Crippen LogP contribution in [0.4, 0.5) is 11.4 Å². The van der Waals surface area contributed by atoms with Crippen molar-refractivity contribution < 1.29 is 9.59 Å². The van der Waals surface area contributed by atoms with Crippen molar-refractivity contribution in [2.24, 2.45) is 0 Å². The van der Waals surface area contributed by atoms with Crippen LogP contribution in [-0.4, -0.2) is 29.8 Å². The molecule has 0 unspecified atom stereocenters. The first-order chi connectivity index (χ1) is 15.8. The third kappa shape index (κ3) is 5.03. The number of aromatic nitrogens is 1. The van der Waals surface area contributed by atoms with Gasteiger partial charge in [0.25, 0.3) is 5.91 Å². The molecular weight excluding hydrogens is 410 g/mol. The van der Waals surface area contributed by atoms with Crippen LogP contribution in [-0.2, 0) is 4.79 Å². The average molecular weight is 440 g/mol. The van der Waals surface area contributed by atoms with Crippen LogP contribution < -0.4 is 10.2 Å². The van der Waals surface area contributed by atoms with Gasteiger partial charge in [0.1, 0.15) is 5.78 Å². The van der Waals surface area contributed by atoms with Gasteiger partial charge in [0, 0.05) is 49.6 Å². The zero-order valence-corrected chi connectivity index (χ0v) is 19.4. The van der Waals surface area contributed by atoms with Crippen molar-refractivity contribution in [2.75, 3.05) is 23.3 Å². The summed E-state index contributed by atoms with van der Waals surface area (Å²) < 4.78 is 0. The van der Waals surface area contributed by atoms with E-state index in [9.17, 15) is 9.59 Å². The minimum Gasteiger partial charge on any atom is -0.369 e. The van der Waals surface area contributed by atoms with Gasteiger partial charge < -0.3 is 10.2 Å². The maximum absolute atomic E-state index is 13.5. The van der Waals surface area contributed by atoms with E-state index in [1.54, 1.807) is 12.4 Å². The van der Waals surface area contributed by atoms with Gasteiger partial charge in [-0.2, -0.15) is 0 Å². The van der Waals surface area contributed by atoms with E-state index < -0.39 is 0 Å². The van der Waals surface area contributed by atoms with Crippen LogP contribution in [0.3, 0.4) is 0 Å². The fourth-order valence-corrected chi connectivity index (χ4v) is 4.48. The minimum absolute atomic E-state index is 0.210. The maximum atomic E-state index is 13.5. The first-order valence-corrected chi connectivity index (χ1v) is 11.2. The molecular formula is C28H29N3O2. The van der Waals surface area contributed by atoms with Gasteiger partial charge in [-0.1, -0.05) is 30.9 Å². The van der Waals surface area contributed by atoms with Crippen molar-refractivity contribution in [2.45, 2.75) is 33.6 Å². The summed E-state index contributed by atoms with van der Waals surface area (Å²) in [6, 6.07) is 12.2. The third-order valence-corrected chi connectivity index (χ3v) is 5.93. The predicted octanol–water partition coefficient (Wildman–Crippen LogP) is 5.74. The maximum Gasteiger partial charge on any atom is 0.259 e. The van der Waals surface area contributed by atoms with Gasteiger partial charge in [-0.15, -0.1) is 0 Å². The topological polar surface area (TPSA) is 62.3 Å². The van der Waals surface area contributed by atoms with Crippen LogP contribution in [0.5, 0.6) is 0 Å². The number of aryl methyl sites for hydroxylation is 3. The summed E-state index contributed by atoms with van der Waals surface area (Å²) in [5.41, 5.74) is 8.22. The first-order valence-electron chi connectivity index (χ1n) is 11.2. The minimum atomic E-state index is -0.210. The fourth-order valence-electron chi connectivity index (χ4n) is 4.48. The molecule has 0 radical (unpaired) electrons. The van der Waals surface area contributed by atoms with Crippen LogP contribution in [0.1, 0.15) is 45.5 Å². The van der Waals surface area contributed by atoms with Crippen LogP contribution in [0.2, 0.25) is 0 Å². The highest BCUT2D eigenvalue weighted by Gasteiger charge is 2.25. The molecule has 0 atom stereocenters. The molecule has 5 nitrogen and oxygen atoms in total. The number of piperidine rings is 1. The van der Waals surface area contributed by atoms with E-state index in [1.807, 2.05) is 39.0 Å². The second kappa shape index (κ2) is 9.41. The predicted molar refractivity (Wildman–Crippen MR) is 135 cm³/mol. The number of carbonyl (C=O) groups excluding carboxylic acids is 2. The second-order valence-corrected chi connectivity index (χ2v) is 8.78. The Kier molecular flexibility index (Phi) is 6.40. The number of pyridine rings is 1. The Hall–Kier alpha value is -3.73. The Morgan fingerprint density at radius 3 is 2.30 bits per heavy atom. The van der Waals surface area contributed by atoms with Crippen molar-refractivity contribution in [1.82, 2.24) is 4.98 Å². The van der Waals surface area contributed by atoms with E-state index in [-0.39, 0.29) is 11.7 Å². The number of rotatable bonds is 5. The molecule has 1 aromatic heterocycles. The molecule has 1 aliphatic heterocycles. The molecule has 3 aromatic rings. The molecule has 4 rings (SSSR count). The average Bonchev–Trinajstić information content (AvgIpc) is 2.78. The van der Waals surface area contributed by atoms with Gasteiger partial charge in [0.2, 0.25) is 0 Å². The van der Waals surface area contributed by atoms with Gasteiger partial charge >= 0.3 is 0 Å². The summed E-state index contributed by atoms with van der Waals surface area (Å²) in [4.78, 5) is 32.0. The molecule has 33 heavy (non-hydrogen) atoms. The molecule has 0 aliphatic carbocycles. The number of hydrogen-bond acceptors (Lipinski definition) is 4. The molecule has 1 fully saturated rings. The van der Waals surface area contributed by atoms with Gasteiger partial charge in [-0.3, -0.25) is 14.6 Å². The number of amides is 1. The summed E-state index contributed by atoms with van der Waals surface area (Å²) in [6.07, 6.45) is 6.20. The van der Waals surface area contributed by atoms with Gasteiger partial charge in [0.15, 0.2) is 0 Å². The van der Waals surface area contributed by atoms with Gasteiger partial charge in [0.05, 0.1) is 11.3 Å². The third-order valence-electron chi connectivity index (χ3n) is 5.93. The van der Waals surface area contributed by atoms with E-state index in [4.69, 9.17) is 0 Å². The van der Waals surface area contributed by atoms with Crippen molar-refractivity contribution in [3.63, 3.8) is 0 Å². The lowest BCUT2D eigenvalue weighted by Gasteiger charge is -2.31. The molecule has 2 heterocycles. The number of hydrogen-bond donors (Lipinski definition) is 1. The summed E-state index contributed by atoms with van der Waals surface area (Å²) >= 11 is 0. The standard InChI is InChI=1S/C28H29N3O2/c1-5-21-11-20(4)12-22(15-21)25-16-29-17-26(27(25)31-8-6-24(32)7-9-31)28(33)30-23-13-18(2)10-19(3)14-23/h5,10-17H,1,6-9H2,2-4H3,(H,30,33). The lowest BCUT2D eigenvalue weighted by atomic mass is 9.96.